The van der Waals surface area contributed by atoms with Gasteiger partial charge in [-0.25, -0.2) is 8.42 Å². The largest absolute Gasteiger partial charge is 0.382 e. The molecule has 4 rings (SSSR count). The number of aryl methyl sites for hydroxylation is 1. The summed E-state index contributed by atoms with van der Waals surface area (Å²) in [6, 6.07) is 7.73. The van der Waals surface area contributed by atoms with Crippen molar-refractivity contribution in [1.29, 1.82) is 0 Å². The number of aromatic amines is 1. The average Bonchev–Trinajstić information content (AvgIpc) is 3.48. The molecule has 0 bridgehead atoms. The lowest BCUT2D eigenvalue weighted by Gasteiger charge is -2.23. The number of ether oxygens (including phenoxy) is 2. The number of allylic oxidation sites excluding steroid dienone is 1. The Morgan fingerprint density at radius 1 is 1.09 bits per heavy atom. The average molecular weight is 474 g/mol. The van der Waals surface area contributed by atoms with Crippen molar-refractivity contribution in [2.45, 2.75) is 37.5 Å². The number of nitrogens with one attached hydrogen (secondary N) is 1. The number of benzene rings is 1. The van der Waals surface area contributed by atoms with Gasteiger partial charge in [0.15, 0.2) is 0 Å². The standard InChI is InChI=1S/C25H35N3O4S/c1-19-6-7-20-17-24(26-23(20)16-19)22-18-21(8-9-25(22)28-10-4-5-11-28)33(29,30)27(2)12-13-32-15-14-31-3/h8-9,16-18,26H,4-7,10-15H2,1-3H3. The highest BCUT2D eigenvalue weighted by atomic mass is 32.2. The van der Waals surface area contributed by atoms with Gasteiger partial charge in [-0.2, -0.15) is 4.31 Å². The van der Waals surface area contributed by atoms with Gasteiger partial charge in [-0.15, -0.1) is 0 Å². The molecule has 1 aromatic heterocycles. The Bertz CT molecular complexity index is 1100. The molecule has 8 heteroatoms. The van der Waals surface area contributed by atoms with E-state index in [4.69, 9.17) is 9.47 Å². The highest BCUT2D eigenvalue weighted by molar-refractivity contribution is 7.89. The van der Waals surface area contributed by atoms with Crippen molar-refractivity contribution in [3.05, 3.63) is 41.1 Å². The van der Waals surface area contributed by atoms with Crippen LogP contribution in [0.15, 0.2) is 34.7 Å². The molecule has 2 heterocycles. The van der Waals surface area contributed by atoms with Gasteiger partial charge in [-0.05, 0) is 68.5 Å². The van der Waals surface area contributed by atoms with E-state index in [0.29, 0.717) is 24.7 Å². The van der Waals surface area contributed by atoms with Crippen LogP contribution in [-0.4, -0.2) is 71.3 Å². The minimum absolute atomic E-state index is 0.288. The third-order valence-electron chi connectivity index (χ3n) is 6.51. The maximum Gasteiger partial charge on any atom is 0.242 e. The second kappa shape index (κ2) is 10.4. The number of H-pyrrole nitrogens is 1. The molecular weight excluding hydrogens is 438 g/mol. The summed E-state index contributed by atoms with van der Waals surface area (Å²) in [7, 11) is -0.422. The molecular formula is C25H35N3O4S. The van der Waals surface area contributed by atoms with Gasteiger partial charge in [-0.3, -0.25) is 0 Å². The van der Waals surface area contributed by atoms with E-state index < -0.39 is 10.0 Å². The summed E-state index contributed by atoms with van der Waals surface area (Å²) < 4.78 is 38.4. The Balaban J connectivity index is 1.64. The summed E-state index contributed by atoms with van der Waals surface area (Å²) in [5.74, 6) is 0. The fourth-order valence-corrected chi connectivity index (χ4v) is 5.69. The monoisotopic (exact) mass is 473 g/mol. The fourth-order valence-electron chi connectivity index (χ4n) is 4.51. The molecule has 0 atom stereocenters. The Morgan fingerprint density at radius 2 is 1.88 bits per heavy atom. The zero-order valence-electron chi connectivity index (χ0n) is 19.9. The lowest BCUT2D eigenvalue weighted by atomic mass is 9.98. The molecule has 1 saturated heterocycles. The smallest absolute Gasteiger partial charge is 0.242 e. The molecule has 33 heavy (non-hydrogen) atoms. The van der Waals surface area contributed by atoms with Crippen molar-refractivity contribution < 1.29 is 17.9 Å². The van der Waals surface area contributed by atoms with Crippen LogP contribution in [0.3, 0.4) is 0 Å². The van der Waals surface area contributed by atoms with Gasteiger partial charge in [0.05, 0.1) is 24.7 Å². The van der Waals surface area contributed by atoms with E-state index in [-0.39, 0.29) is 6.54 Å². The van der Waals surface area contributed by atoms with Crippen LogP contribution in [0, 0.1) is 0 Å². The summed E-state index contributed by atoms with van der Waals surface area (Å²) in [6.07, 6.45) is 6.60. The van der Waals surface area contributed by atoms with Crippen LogP contribution < -0.4 is 4.90 Å². The van der Waals surface area contributed by atoms with Gasteiger partial charge in [0, 0.05) is 56.4 Å². The van der Waals surface area contributed by atoms with Crippen LogP contribution in [0.4, 0.5) is 5.69 Å². The van der Waals surface area contributed by atoms with Crippen LogP contribution in [0.1, 0.15) is 37.4 Å². The van der Waals surface area contributed by atoms with E-state index in [2.05, 4.69) is 29.0 Å². The zero-order chi connectivity index (χ0) is 23.4. The number of nitrogens with zero attached hydrogens (tertiary/aromatic N) is 2. The van der Waals surface area contributed by atoms with Gasteiger partial charge in [-0.1, -0.05) is 5.57 Å². The lowest BCUT2D eigenvalue weighted by molar-refractivity contribution is 0.0673. The van der Waals surface area contributed by atoms with Crippen LogP contribution in [-0.2, 0) is 25.9 Å². The first-order valence-corrected chi connectivity index (χ1v) is 13.2. The number of methoxy groups -OCH3 is 1. The maximum atomic E-state index is 13.3. The Labute approximate surface area is 197 Å². The summed E-state index contributed by atoms with van der Waals surface area (Å²) in [6.45, 7) is 5.70. The van der Waals surface area contributed by atoms with Gasteiger partial charge in [0.1, 0.15) is 0 Å². The molecule has 0 radical (unpaired) electrons. The molecule has 1 aliphatic heterocycles. The van der Waals surface area contributed by atoms with E-state index in [9.17, 15) is 8.42 Å². The van der Waals surface area contributed by atoms with Crippen LogP contribution >= 0.6 is 0 Å². The highest BCUT2D eigenvalue weighted by Gasteiger charge is 2.25. The predicted molar refractivity (Wildman–Crippen MR) is 132 cm³/mol. The third-order valence-corrected chi connectivity index (χ3v) is 8.36. The van der Waals surface area contributed by atoms with E-state index in [1.54, 1.807) is 20.2 Å². The van der Waals surface area contributed by atoms with Crippen molar-refractivity contribution in [3.8, 4) is 11.3 Å². The number of likely N-dealkylation sites (N-methyl/N-ethyl adjacent to an activating group) is 1. The molecule has 1 aromatic carbocycles. The van der Waals surface area contributed by atoms with Gasteiger partial charge >= 0.3 is 0 Å². The molecule has 1 aliphatic carbocycles. The van der Waals surface area contributed by atoms with Crippen molar-refractivity contribution in [2.24, 2.45) is 0 Å². The minimum atomic E-state index is -3.64. The summed E-state index contributed by atoms with van der Waals surface area (Å²) in [5.41, 5.74) is 6.82. The fraction of sp³-hybridized carbons (Fsp3) is 0.520. The molecule has 180 valence electrons. The number of aromatic nitrogens is 1. The van der Waals surface area contributed by atoms with E-state index in [1.807, 2.05) is 12.1 Å². The number of anilines is 1. The quantitative estimate of drug-likeness (QED) is 0.530. The van der Waals surface area contributed by atoms with Crippen LogP contribution in [0.2, 0.25) is 0 Å². The van der Waals surface area contributed by atoms with E-state index >= 15 is 0 Å². The molecule has 0 spiro atoms. The van der Waals surface area contributed by atoms with Crippen LogP contribution in [0.5, 0.6) is 0 Å². The van der Waals surface area contributed by atoms with Gasteiger partial charge in [0.25, 0.3) is 0 Å². The second-order valence-corrected chi connectivity index (χ2v) is 11.0. The first-order chi connectivity index (χ1) is 15.9. The molecule has 1 N–H and O–H groups in total. The lowest BCUT2D eigenvalue weighted by Crippen LogP contribution is -2.30. The van der Waals surface area contributed by atoms with Crippen molar-refractivity contribution in [3.63, 3.8) is 0 Å². The van der Waals surface area contributed by atoms with Gasteiger partial charge < -0.3 is 19.4 Å². The molecule has 0 unspecified atom stereocenters. The highest BCUT2D eigenvalue weighted by Crippen LogP contribution is 2.37. The van der Waals surface area contributed by atoms with Crippen LogP contribution in [0.25, 0.3) is 17.3 Å². The number of sulfonamides is 1. The van der Waals surface area contributed by atoms with Crippen molar-refractivity contribution in [2.75, 3.05) is 58.5 Å². The minimum Gasteiger partial charge on any atom is -0.382 e. The topological polar surface area (TPSA) is 74.9 Å². The number of hydrogen-bond acceptors (Lipinski definition) is 5. The molecule has 0 saturated carbocycles. The summed E-state index contributed by atoms with van der Waals surface area (Å²) in [5, 5.41) is 0. The van der Waals surface area contributed by atoms with E-state index in [1.165, 1.54) is 15.4 Å². The normalized spacial score (nSPS) is 16.4. The summed E-state index contributed by atoms with van der Waals surface area (Å²) >= 11 is 0. The number of hydrogen-bond donors (Lipinski definition) is 1. The first-order valence-electron chi connectivity index (χ1n) is 11.7. The maximum absolute atomic E-state index is 13.3. The van der Waals surface area contributed by atoms with Gasteiger partial charge in [0.2, 0.25) is 10.0 Å². The zero-order valence-corrected chi connectivity index (χ0v) is 20.7. The second-order valence-electron chi connectivity index (χ2n) is 8.92. The number of rotatable bonds is 10. The van der Waals surface area contributed by atoms with Crippen molar-refractivity contribution in [1.82, 2.24) is 9.29 Å². The molecule has 2 aliphatic rings. The predicted octanol–water partition coefficient (Wildman–Crippen LogP) is 3.91. The molecule has 7 nitrogen and oxygen atoms in total. The first kappa shape index (κ1) is 24.0. The molecule has 1 fully saturated rings. The number of fused-ring (bicyclic) bond motifs is 1. The van der Waals surface area contributed by atoms with Crippen molar-refractivity contribution >= 4 is 21.8 Å². The Kier molecular flexibility index (Phi) is 7.58. The SMILES string of the molecule is COCCOCCN(C)S(=O)(=O)c1ccc(N2CCCC2)c(-c2cc3c([nH]2)C=C(C)CC3)c1. The van der Waals surface area contributed by atoms with E-state index in [0.717, 1.165) is 61.4 Å². The molecule has 2 aromatic rings. The molecule has 0 amide bonds. The Hall–Kier alpha value is -2.13. The third kappa shape index (κ3) is 5.35. The Morgan fingerprint density at radius 3 is 2.64 bits per heavy atom. The summed E-state index contributed by atoms with van der Waals surface area (Å²) in [4.78, 5) is 6.23.